The molecule has 1 heterocycles. The minimum absolute atomic E-state index is 0.0106. The molecule has 0 spiro atoms. The first kappa shape index (κ1) is 12.8. The summed E-state index contributed by atoms with van der Waals surface area (Å²) in [6.07, 6.45) is 2.81. The molecule has 0 aliphatic heterocycles. The Hall–Kier alpha value is -1.61. The van der Waals surface area contributed by atoms with Gasteiger partial charge in [-0.3, -0.25) is 0 Å². The van der Waals surface area contributed by atoms with Gasteiger partial charge in [0.2, 0.25) is 0 Å². The van der Waals surface area contributed by atoms with Gasteiger partial charge in [0.05, 0.1) is 17.9 Å². The maximum absolute atomic E-state index is 6.12. The second kappa shape index (κ2) is 5.36. The van der Waals surface area contributed by atoms with Crippen molar-refractivity contribution in [1.82, 2.24) is 9.97 Å². The van der Waals surface area contributed by atoms with Gasteiger partial charge in [-0.1, -0.05) is 37.6 Å². The molecule has 18 heavy (non-hydrogen) atoms. The number of nitrogens with zero attached hydrogens (tertiary/aromatic N) is 1. The van der Waals surface area contributed by atoms with Gasteiger partial charge in [-0.15, -0.1) is 0 Å². The summed E-state index contributed by atoms with van der Waals surface area (Å²) < 4.78 is 0. The number of aromatic amines is 1. The van der Waals surface area contributed by atoms with E-state index in [4.69, 9.17) is 5.73 Å². The van der Waals surface area contributed by atoms with E-state index in [9.17, 15) is 0 Å². The van der Waals surface area contributed by atoms with E-state index in [0.29, 0.717) is 5.92 Å². The first-order valence-corrected chi connectivity index (χ1v) is 6.44. The molecule has 3 N–H and O–H groups in total. The number of nitrogens with two attached hydrogens (primary N) is 1. The van der Waals surface area contributed by atoms with E-state index in [0.717, 1.165) is 23.5 Å². The second-order valence-electron chi connectivity index (χ2n) is 5.29. The van der Waals surface area contributed by atoms with E-state index in [2.05, 4.69) is 55.0 Å². The van der Waals surface area contributed by atoms with Crippen molar-refractivity contribution in [2.75, 3.05) is 0 Å². The first-order valence-electron chi connectivity index (χ1n) is 6.44. The molecular formula is C15H21N3. The molecule has 0 radical (unpaired) electrons. The largest absolute Gasteiger partial charge is 0.341 e. The summed E-state index contributed by atoms with van der Waals surface area (Å²) in [6, 6.07) is 8.36. The minimum atomic E-state index is -0.0106. The lowest BCUT2D eigenvalue weighted by molar-refractivity contribution is 0.496. The van der Waals surface area contributed by atoms with Crippen LogP contribution in [0.3, 0.4) is 0 Å². The van der Waals surface area contributed by atoms with Gasteiger partial charge in [-0.2, -0.15) is 0 Å². The molecule has 0 fully saturated rings. The van der Waals surface area contributed by atoms with Crippen molar-refractivity contribution < 1.29 is 0 Å². The van der Waals surface area contributed by atoms with E-state index in [1.807, 2.05) is 6.20 Å². The predicted octanol–water partition coefficient (Wildman–Crippen LogP) is 3.43. The molecule has 1 unspecified atom stereocenters. The lowest BCUT2D eigenvalue weighted by Crippen LogP contribution is -2.14. The van der Waals surface area contributed by atoms with Gasteiger partial charge < -0.3 is 10.7 Å². The summed E-state index contributed by atoms with van der Waals surface area (Å²) in [5, 5.41) is 0. The summed E-state index contributed by atoms with van der Waals surface area (Å²) in [7, 11) is 0. The highest BCUT2D eigenvalue weighted by molar-refractivity contribution is 5.59. The van der Waals surface area contributed by atoms with Crippen LogP contribution in [0.25, 0.3) is 11.3 Å². The lowest BCUT2D eigenvalue weighted by atomic mass is 10.0. The van der Waals surface area contributed by atoms with Crippen LogP contribution in [0.15, 0.2) is 30.5 Å². The van der Waals surface area contributed by atoms with E-state index in [1.165, 1.54) is 5.56 Å². The van der Waals surface area contributed by atoms with E-state index in [-0.39, 0.29) is 6.04 Å². The number of benzene rings is 1. The van der Waals surface area contributed by atoms with Crippen LogP contribution in [-0.4, -0.2) is 9.97 Å². The Labute approximate surface area is 108 Å². The molecule has 0 saturated heterocycles. The van der Waals surface area contributed by atoms with Crippen LogP contribution in [0.1, 0.15) is 37.7 Å². The topological polar surface area (TPSA) is 54.7 Å². The molecule has 0 saturated carbocycles. The third-order valence-corrected chi connectivity index (χ3v) is 3.00. The quantitative estimate of drug-likeness (QED) is 0.864. The van der Waals surface area contributed by atoms with Gasteiger partial charge in [0.1, 0.15) is 5.82 Å². The Morgan fingerprint density at radius 1 is 1.33 bits per heavy atom. The SMILES string of the molecule is Cc1cccc(-c2cnc(C(N)CC(C)C)[nH]2)c1. The molecule has 0 aliphatic rings. The number of rotatable bonds is 4. The second-order valence-corrected chi connectivity index (χ2v) is 5.29. The average Bonchev–Trinajstić information content (AvgIpc) is 2.77. The maximum atomic E-state index is 6.12. The van der Waals surface area contributed by atoms with Gasteiger partial charge in [-0.25, -0.2) is 4.98 Å². The summed E-state index contributed by atoms with van der Waals surface area (Å²) in [5.74, 6) is 1.45. The molecule has 0 aliphatic carbocycles. The minimum Gasteiger partial charge on any atom is -0.341 e. The fourth-order valence-corrected chi connectivity index (χ4v) is 2.10. The van der Waals surface area contributed by atoms with Crippen LogP contribution in [0.5, 0.6) is 0 Å². The summed E-state index contributed by atoms with van der Waals surface area (Å²) >= 11 is 0. The fraction of sp³-hybridized carbons (Fsp3) is 0.400. The van der Waals surface area contributed by atoms with Crippen LogP contribution in [0, 0.1) is 12.8 Å². The Morgan fingerprint density at radius 3 is 2.78 bits per heavy atom. The average molecular weight is 243 g/mol. The first-order chi connectivity index (χ1) is 8.56. The lowest BCUT2D eigenvalue weighted by Gasteiger charge is -2.11. The van der Waals surface area contributed by atoms with Gasteiger partial charge in [0, 0.05) is 0 Å². The fourth-order valence-electron chi connectivity index (χ4n) is 2.10. The van der Waals surface area contributed by atoms with Gasteiger partial charge >= 0.3 is 0 Å². The maximum Gasteiger partial charge on any atom is 0.123 e. The number of hydrogen-bond donors (Lipinski definition) is 2. The number of imidazole rings is 1. The van der Waals surface area contributed by atoms with Crippen molar-refractivity contribution in [3.63, 3.8) is 0 Å². The van der Waals surface area contributed by atoms with Gasteiger partial charge in [0.25, 0.3) is 0 Å². The highest BCUT2D eigenvalue weighted by Crippen LogP contribution is 2.22. The Morgan fingerprint density at radius 2 is 2.11 bits per heavy atom. The zero-order valence-corrected chi connectivity index (χ0v) is 11.3. The molecule has 96 valence electrons. The van der Waals surface area contributed by atoms with E-state index < -0.39 is 0 Å². The zero-order chi connectivity index (χ0) is 13.1. The van der Waals surface area contributed by atoms with Crippen LogP contribution in [0.4, 0.5) is 0 Å². The molecule has 2 rings (SSSR count). The Bertz CT molecular complexity index is 514. The van der Waals surface area contributed by atoms with Crippen molar-refractivity contribution in [1.29, 1.82) is 0 Å². The number of H-pyrrole nitrogens is 1. The normalized spacial score (nSPS) is 12.9. The molecule has 3 nitrogen and oxygen atoms in total. The zero-order valence-electron chi connectivity index (χ0n) is 11.3. The van der Waals surface area contributed by atoms with Crippen LogP contribution in [0.2, 0.25) is 0 Å². The molecule has 2 aromatic rings. The van der Waals surface area contributed by atoms with Crippen molar-refractivity contribution in [3.8, 4) is 11.3 Å². The van der Waals surface area contributed by atoms with E-state index in [1.54, 1.807) is 0 Å². The summed E-state index contributed by atoms with van der Waals surface area (Å²) in [4.78, 5) is 7.72. The molecule has 3 heteroatoms. The molecular weight excluding hydrogens is 222 g/mol. The Balaban J connectivity index is 2.20. The van der Waals surface area contributed by atoms with Gasteiger partial charge in [0.15, 0.2) is 0 Å². The van der Waals surface area contributed by atoms with Crippen molar-refractivity contribution in [3.05, 3.63) is 41.9 Å². The third kappa shape index (κ3) is 2.99. The molecule has 1 atom stereocenters. The smallest absolute Gasteiger partial charge is 0.123 e. The number of nitrogens with one attached hydrogen (secondary N) is 1. The van der Waals surface area contributed by atoms with Crippen molar-refractivity contribution in [2.45, 2.75) is 33.2 Å². The summed E-state index contributed by atoms with van der Waals surface area (Å²) in [5.41, 5.74) is 9.56. The van der Waals surface area contributed by atoms with Crippen LogP contribution in [-0.2, 0) is 0 Å². The monoisotopic (exact) mass is 243 g/mol. The van der Waals surface area contributed by atoms with Crippen molar-refractivity contribution >= 4 is 0 Å². The number of hydrogen-bond acceptors (Lipinski definition) is 2. The number of aryl methyl sites for hydroxylation is 1. The van der Waals surface area contributed by atoms with E-state index >= 15 is 0 Å². The molecule has 0 bridgehead atoms. The third-order valence-electron chi connectivity index (χ3n) is 3.00. The van der Waals surface area contributed by atoms with Crippen LogP contribution >= 0.6 is 0 Å². The van der Waals surface area contributed by atoms with Gasteiger partial charge in [-0.05, 0) is 30.9 Å². The van der Waals surface area contributed by atoms with Crippen LogP contribution < -0.4 is 5.73 Å². The highest BCUT2D eigenvalue weighted by Gasteiger charge is 2.12. The molecule has 0 amide bonds. The van der Waals surface area contributed by atoms with Crippen molar-refractivity contribution in [2.24, 2.45) is 11.7 Å². The molecule has 1 aromatic carbocycles. The highest BCUT2D eigenvalue weighted by atomic mass is 15.0. The predicted molar refractivity (Wildman–Crippen MR) is 75.1 cm³/mol. The Kier molecular flexibility index (Phi) is 3.82. The molecule has 1 aromatic heterocycles. The number of aromatic nitrogens is 2. The summed E-state index contributed by atoms with van der Waals surface area (Å²) in [6.45, 7) is 6.43. The standard InChI is InChI=1S/C15H21N3/c1-10(2)7-13(16)15-17-9-14(18-15)12-6-4-5-11(3)8-12/h4-6,8-10,13H,7,16H2,1-3H3,(H,17,18).